The van der Waals surface area contributed by atoms with Gasteiger partial charge in [-0.05, 0) is 41.8 Å². The molecule has 0 unspecified atom stereocenters. The van der Waals surface area contributed by atoms with E-state index in [9.17, 15) is 9.59 Å². The molecule has 4 heteroatoms. The van der Waals surface area contributed by atoms with Gasteiger partial charge < -0.3 is 4.98 Å². The van der Waals surface area contributed by atoms with Crippen molar-refractivity contribution in [1.29, 1.82) is 0 Å². The third-order valence-electron chi connectivity index (χ3n) is 4.33. The van der Waals surface area contributed by atoms with Gasteiger partial charge in [-0.1, -0.05) is 52.3 Å². The Morgan fingerprint density at radius 2 is 1.76 bits per heavy atom. The van der Waals surface area contributed by atoms with E-state index in [0.717, 1.165) is 21.2 Å². The zero-order valence-electron chi connectivity index (χ0n) is 13.8. The Morgan fingerprint density at radius 1 is 1.04 bits per heavy atom. The summed E-state index contributed by atoms with van der Waals surface area (Å²) in [5, 5.41) is 0. The highest BCUT2D eigenvalue weighted by Gasteiger charge is 2.20. The molecule has 1 aromatic heterocycles. The fourth-order valence-electron chi connectivity index (χ4n) is 2.97. The average Bonchev–Trinajstić information content (AvgIpc) is 2.62. The number of carbonyl (C=O) groups is 1. The number of Topliss-reactive ketones (excluding diaryl/α,β-unsaturated/α-hetero) is 1. The Morgan fingerprint density at radius 3 is 2.40 bits per heavy atom. The molecule has 126 valence electrons. The first kappa shape index (κ1) is 17.4. The fourth-order valence-corrected chi connectivity index (χ4v) is 3.23. The summed E-state index contributed by atoms with van der Waals surface area (Å²) in [4.78, 5) is 26.5. The first-order valence-corrected chi connectivity index (χ1v) is 8.87. The van der Waals surface area contributed by atoms with E-state index in [1.165, 1.54) is 12.3 Å². The molecule has 3 nitrogen and oxygen atoms in total. The second-order valence-electron chi connectivity index (χ2n) is 6.03. The van der Waals surface area contributed by atoms with Crippen LogP contribution >= 0.6 is 15.9 Å². The number of aromatic nitrogens is 1. The molecular weight excluding hydrogens is 378 g/mol. The van der Waals surface area contributed by atoms with Gasteiger partial charge in [0.1, 0.15) is 0 Å². The largest absolute Gasteiger partial charge is 0.328 e. The summed E-state index contributed by atoms with van der Waals surface area (Å²) in [6.07, 6.45) is 1.83. The predicted octanol–water partition coefficient (Wildman–Crippen LogP) is 4.85. The van der Waals surface area contributed by atoms with Crippen LogP contribution in [0.5, 0.6) is 0 Å². The van der Waals surface area contributed by atoms with Gasteiger partial charge >= 0.3 is 0 Å². The molecule has 0 fully saturated rings. The molecule has 0 aliphatic rings. The van der Waals surface area contributed by atoms with E-state index in [1.807, 2.05) is 36.4 Å². The number of halogens is 1. The van der Waals surface area contributed by atoms with Crippen LogP contribution in [0.25, 0.3) is 0 Å². The molecule has 0 aliphatic heterocycles. The maximum Gasteiger partial charge on any atom is 0.247 e. The van der Waals surface area contributed by atoms with Crippen molar-refractivity contribution in [3.63, 3.8) is 0 Å². The minimum Gasteiger partial charge on any atom is -0.328 e. The van der Waals surface area contributed by atoms with E-state index in [1.54, 1.807) is 6.07 Å². The normalized spacial score (nSPS) is 11.9. The van der Waals surface area contributed by atoms with Gasteiger partial charge in [0.05, 0.1) is 0 Å². The topological polar surface area (TPSA) is 49.9 Å². The van der Waals surface area contributed by atoms with Crippen LogP contribution in [0.2, 0.25) is 0 Å². The monoisotopic (exact) mass is 395 g/mol. The molecule has 0 saturated heterocycles. The summed E-state index contributed by atoms with van der Waals surface area (Å²) < 4.78 is 1.01. The standard InChI is InChI=1S/C21H18BrNO2/c1-14-4-2-3-5-18(14)19(15-6-9-17(22)10-7-15)12-20(24)16-8-11-21(25)23-13-16/h2-11,13,19H,12H2,1H3,(H,23,25)/t19-/m0/s1. The van der Waals surface area contributed by atoms with Crippen LogP contribution in [0.1, 0.15) is 39.4 Å². The lowest BCUT2D eigenvalue weighted by atomic mass is 9.84. The van der Waals surface area contributed by atoms with Crippen LogP contribution in [0, 0.1) is 6.92 Å². The van der Waals surface area contributed by atoms with Crippen molar-refractivity contribution >= 4 is 21.7 Å². The predicted molar refractivity (Wildman–Crippen MR) is 103 cm³/mol. The third kappa shape index (κ3) is 4.15. The van der Waals surface area contributed by atoms with Gasteiger partial charge in [-0.15, -0.1) is 0 Å². The van der Waals surface area contributed by atoms with Crippen molar-refractivity contribution in [3.05, 3.63) is 104 Å². The van der Waals surface area contributed by atoms with Crippen molar-refractivity contribution < 1.29 is 4.79 Å². The molecule has 0 amide bonds. The molecule has 3 aromatic rings. The number of benzene rings is 2. The van der Waals surface area contributed by atoms with Crippen LogP contribution in [-0.2, 0) is 0 Å². The highest BCUT2D eigenvalue weighted by Crippen LogP contribution is 2.32. The van der Waals surface area contributed by atoms with Crippen molar-refractivity contribution in [2.75, 3.05) is 0 Å². The molecule has 3 rings (SSSR count). The quantitative estimate of drug-likeness (QED) is 0.627. The van der Waals surface area contributed by atoms with Gasteiger partial charge in [-0.25, -0.2) is 0 Å². The minimum absolute atomic E-state index is 0.00687. The fraction of sp³-hybridized carbons (Fsp3) is 0.143. The lowest BCUT2D eigenvalue weighted by Crippen LogP contribution is -2.12. The van der Waals surface area contributed by atoms with E-state index < -0.39 is 0 Å². The first-order valence-electron chi connectivity index (χ1n) is 8.07. The number of aromatic amines is 1. The number of hydrogen-bond donors (Lipinski definition) is 1. The summed E-state index contributed by atoms with van der Waals surface area (Å²) in [6, 6.07) is 19.2. The van der Waals surface area contributed by atoms with Crippen LogP contribution in [0.4, 0.5) is 0 Å². The summed E-state index contributed by atoms with van der Waals surface area (Å²) in [7, 11) is 0. The molecule has 25 heavy (non-hydrogen) atoms. The Labute approximate surface area is 154 Å². The number of hydrogen-bond acceptors (Lipinski definition) is 2. The van der Waals surface area contributed by atoms with Gasteiger partial charge in [0, 0.05) is 34.6 Å². The number of rotatable bonds is 5. The van der Waals surface area contributed by atoms with Gasteiger partial charge in [-0.3, -0.25) is 9.59 Å². The number of pyridine rings is 1. The number of nitrogens with one attached hydrogen (secondary N) is 1. The third-order valence-corrected chi connectivity index (χ3v) is 4.86. The molecule has 1 heterocycles. The number of H-pyrrole nitrogens is 1. The van der Waals surface area contributed by atoms with Gasteiger partial charge in [-0.2, -0.15) is 0 Å². The smallest absolute Gasteiger partial charge is 0.247 e. The summed E-state index contributed by atoms with van der Waals surface area (Å²) in [6.45, 7) is 2.06. The van der Waals surface area contributed by atoms with Gasteiger partial charge in [0.25, 0.3) is 0 Å². The van der Waals surface area contributed by atoms with Gasteiger partial charge in [0.15, 0.2) is 5.78 Å². The second kappa shape index (κ2) is 7.62. The molecule has 0 saturated carbocycles. The highest BCUT2D eigenvalue weighted by atomic mass is 79.9. The molecule has 1 atom stereocenters. The van der Waals surface area contributed by atoms with Crippen LogP contribution in [0.3, 0.4) is 0 Å². The Bertz CT molecular complexity index is 924. The van der Waals surface area contributed by atoms with Gasteiger partial charge in [0.2, 0.25) is 5.56 Å². The molecule has 2 aromatic carbocycles. The second-order valence-corrected chi connectivity index (χ2v) is 6.95. The molecular formula is C21H18BrNO2. The van der Waals surface area contributed by atoms with Crippen molar-refractivity contribution in [1.82, 2.24) is 4.98 Å². The SMILES string of the molecule is Cc1ccccc1[C@@H](CC(=O)c1ccc(=O)[nH]c1)c1ccc(Br)cc1. The Hall–Kier alpha value is -2.46. The van der Waals surface area contributed by atoms with Crippen LogP contribution < -0.4 is 5.56 Å². The molecule has 0 bridgehead atoms. The number of carbonyl (C=O) groups excluding carboxylic acids is 1. The zero-order valence-corrected chi connectivity index (χ0v) is 15.4. The van der Waals surface area contributed by atoms with Crippen molar-refractivity contribution in [3.8, 4) is 0 Å². The lowest BCUT2D eigenvalue weighted by molar-refractivity contribution is 0.0977. The van der Waals surface area contributed by atoms with E-state index in [2.05, 4.69) is 40.0 Å². The van der Waals surface area contributed by atoms with Crippen LogP contribution in [-0.4, -0.2) is 10.8 Å². The van der Waals surface area contributed by atoms with E-state index >= 15 is 0 Å². The average molecular weight is 396 g/mol. The van der Waals surface area contributed by atoms with E-state index in [-0.39, 0.29) is 17.3 Å². The van der Waals surface area contributed by atoms with E-state index in [0.29, 0.717) is 12.0 Å². The lowest BCUT2D eigenvalue weighted by Gasteiger charge is -2.20. The summed E-state index contributed by atoms with van der Waals surface area (Å²) in [5.41, 5.74) is 3.71. The molecule has 0 radical (unpaired) electrons. The Balaban J connectivity index is 1.98. The minimum atomic E-state index is -0.208. The van der Waals surface area contributed by atoms with Crippen LogP contribution in [0.15, 0.2) is 76.1 Å². The zero-order chi connectivity index (χ0) is 17.8. The molecule has 0 spiro atoms. The number of aryl methyl sites for hydroxylation is 1. The summed E-state index contributed by atoms with van der Waals surface area (Å²) >= 11 is 3.46. The van der Waals surface area contributed by atoms with Crippen molar-refractivity contribution in [2.45, 2.75) is 19.3 Å². The van der Waals surface area contributed by atoms with E-state index in [4.69, 9.17) is 0 Å². The number of ketones is 1. The molecule has 0 aliphatic carbocycles. The maximum absolute atomic E-state index is 12.8. The Kier molecular flexibility index (Phi) is 5.29. The highest BCUT2D eigenvalue weighted by molar-refractivity contribution is 9.10. The summed E-state index contributed by atoms with van der Waals surface area (Å²) in [5.74, 6) is -0.0267. The maximum atomic E-state index is 12.8. The van der Waals surface area contributed by atoms with Crippen molar-refractivity contribution in [2.24, 2.45) is 0 Å². The first-order chi connectivity index (χ1) is 12.0. The molecule has 1 N–H and O–H groups in total.